The summed E-state index contributed by atoms with van der Waals surface area (Å²) in [5.74, 6) is 0.0669. The van der Waals surface area contributed by atoms with Crippen LogP contribution in [0.15, 0.2) is 53.3 Å². The highest BCUT2D eigenvalue weighted by atomic mass is 35.5. The molecule has 2 aromatic carbocycles. The molecule has 0 spiro atoms. The summed E-state index contributed by atoms with van der Waals surface area (Å²) in [5.41, 5.74) is 0.776. The Bertz CT molecular complexity index is 1130. The van der Waals surface area contributed by atoms with Gasteiger partial charge in [-0.15, -0.1) is 5.10 Å². The van der Waals surface area contributed by atoms with Crippen molar-refractivity contribution in [3.8, 4) is 11.4 Å². The zero-order chi connectivity index (χ0) is 22.0. The van der Waals surface area contributed by atoms with E-state index in [1.54, 1.807) is 19.2 Å². The molecular weight excluding hydrogens is 419 g/mol. The number of nitrogens with zero attached hydrogens (tertiary/aromatic N) is 3. The van der Waals surface area contributed by atoms with Crippen molar-refractivity contribution in [1.29, 1.82) is 0 Å². The number of amides is 1. The molecule has 1 aromatic heterocycles. The van der Waals surface area contributed by atoms with Crippen LogP contribution in [0.5, 0.6) is 0 Å². The minimum Gasteiger partial charge on any atom is -0.353 e. The maximum atomic E-state index is 13.2. The van der Waals surface area contributed by atoms with Crippen LogP contribution in [0.1, 0.15) is 31.2 Å². The van der Waals surface area contributed by atoms with E-state index < -0.39 is 5.41 Å². The second-order valence-electron chi connectivity index (χ2n) is 7.95. The smallest absolute Gasteiger partial charge is 0.345 e. The van der Waals surface area contributed by atoms with Crippen molar-refractivity contribution in [3.63, 3.8) is 0 Å². The van der Waals surface area contributed by atoms with E-state index in [1.165, 1.54) is 21.4 Å². The minimum absolute atomic E-state index is 0.0324. The van der Waals surface area contributed by atoms with Crippen LogP contribution in [-0.4, -0.2) is 26.8 Å². The number of aromatic nitrogens is 3. The average Bonchev–Trinajstić information content (AvgIpc) is 3.37. The molecule has 1 aliphatic carbocycles. The van der Waals surface area contributed by atoms with Crippen molar-refractivity contribution in [1.82, 2.24) is 19.7 Å². The van der Waals surface area contributed by atoms with Crippen molar-refractivity contribution in [2.75, 3.05) is 6.54 Å². The molecule has 0 radical (unpaired) electrons. The van der Waals surface area contributed by atoms with E-state index in [2.05, 4.69) is 10.4 Å². The molecule has 0 saturated heterocycles. The predicted octanol–water partition coefficient (Wildman–Crippen LogP) is 3.67. The summed E-state index contributed by atoms with van der Waals surface area (Å²) in [7, 11) is 1.62. The monoisotopic (exact) mass is 442 g/mol. The molecule has 8 heteroatoms. The summed E-state index contributed by atoms with van der Waals surface area (Å²) in [6.07, 6.45) is 3.57. The van der Waals surface area contributed by atoms with Gasteiger partial charge in [-0.1, -0.05) is 36.6 Å². The fourth-order valence-corrected chi connectivity index (χ4v) is 4.45. The third-order valence-electron chi connectivity index (χ3n) is 6.04. The Morgan fingerprint density at radius 3 is 2.42 bits per heavy atom. The van der Waals surface area contributed by atoms with Crippen LogP contribution in [0.2, 0.25) is 5.02 Å². The van der Waals surface area contributed by atoms with Gasteiger partial charge >= 0.3 is 5.69 Å². The highest BCUT2D eigenvalue weighted by Crippen LogP contribution is 2.41. The van der Waals surface area contributed by atoms with E-state index in [4.69, 9.17) is 11.6 Å². The Hall–Kier alpha value is -2.93. The van der Waals surface area contributed by atoms with Gasteiger partial charge in [-0.25, -0.2) is 13.9 Å². The molecule has 3 aromatic rings. The lowest BCUT2D eigenvalue weighted by molar-refractivity contribution is -0.126. The van der Waals surface area contributed by atoms with Gasteiger partial charge < -0.3 is 5.32 Å². The maximum Gasteiger partial charge on any atom is 0.345 e. The van der Waals surface area contributed by atoms with Crippen LogP contribution >= 0.6 is 11.6 Å². The first-order valence-corrected chi connectivity index (χ1v) is 10.7. The summed E-state index contributed by atoms with van der Waals surface area (Å²) in [4.78, 5) is 25.7. The van der Waals surface area contributed by atoms with Crippen molar-refractivity contribution < 1.29 is 9.18 Å². The Morgan fingerprint density at radius 2 is 1.77 bits per heavy atom. The second-order valence-corrected chi connectivity index (χ2v) is 8.38. The van der Waals surface area contributed by atoms with Crippen LogP contribution in [0, 0.1) is 5.82 Å². The molecule has 1 fully saturated rings. The standard InChI is InChI=1S/C23H24ClFN4O2/c1-28-20(16-4-10-19(25)11-5-16)27-29(22(28)31)15-14-26-21(30)23(12-2-3-13-23)17-6-8-18(24)9-7-17/h4-11H,2-3,12-15H2,1H3,(H,26,30). The highest BCUT2D eigenvalue weighted by molar-refractivity contribution is 6.30. The van der Waals surface area contributed by atoms with Crippen LogP contribution in [0.25, 0.3) is 11.4 Å². The van der Waals surface area contributed by atoms with Crippen molar-refractivity contribution in [3.05, 3.63) is 75.4 Å². The Labute approximate surface area is 184 Å². The van der Waals surface area contributed by atoms with Crippen molar-refractivity contribution in [2.24, 2.45) is 7.05 Å². The first kappa shape index (κ1) is 21.3. The van der Waals surface area contributed by atoms with E-state index in [0.29, 0.717) is 16.4 Å². The number of carbonyl (C=O) groups excluding carboxylic acids is 1. The molecule has 0 atom stereocenters. The largest absolute Gasteiger partial charge is 0.353 e. The first-order valence-electron chi connectivity index (χ1n) is 10.3. The lowest BCUT2D eigenvalue weighted by Gasteiger charge is -2.28. The van der Waals surface area contributed by atoms with E-state index in [-0.39, 0.29) is 30.5 Å². The van der Waals surface area contributed by atoms with Gasteiger partial charge in [0.25, 0.3) is 0 Å². The minimum atomic E-state index is -0.557. The van der Waals surface area contributed by atoms with E-state index in [1.807, 2.05) is 24.3 Å². The molecule has 6 nitrogen and oxygen atoms in total. The van der Waals surface area contributed by atoms with Gasteiger partial charge in [-0.3, -0.25) is 9.36 Å². The summed E-state index contributed by atoms with van der Waals surface area (Å²) in [6, 6.07) is 13.3. The number of nitrogens with one attached hydrogen (secondary N) is 1. The first-order chi connectivity index (χ1) is 14.9. The summed E-state index contributed by atoms with van der Waals surface area (Å²) < 4.78 is 15.9. The third-order valence-corrected chi connectivity index (χ3v) is 6.29. The van der Waals surface area contributed by atoms with Gasteiger partial charge in [-0.2, -0.15) is 0 Å². The van der Waals surface area contributed by atoms with Crippen LogP contribution < -0.4 is 11.0 Å². The maximum absolute atomic E-state index is 13.2. The molecule has 0 aliphatic heterocycles. The van der Waals surface area contributed by atoms with E-state index in [0.717, 1.165) is 31.2 Å². The molecular formula is C23H24ClFN4O2. The SMILES string of the molecule is Cn1c(-c2ccc(F)cc2)nn(CCNC(=O)C2(c3ccc(Cl)cc3)CCCC2)c1=O. The van der Waals surface area contributed by atoms with E-state index in [9.17, 15) is 14.0 Å². The summed E-state index contributed by atoms with van der Waals surface area (Å²) in [5, 5.41) is 8.01. The number of hydrogen-bond acceptors (Lipinski definition) is 3. The topological polar surface area (TPSA) is 68.9 Å². The second kappa shape index (κ2) is 8.67. The number of benzene rings is 2. The normalized spacial score (nSPS) is 15.2. The lowest BCUT2D eigenvalue weighted by Crippen LogP contribution is -2.44. The van der Waals surface area contributed by atoms with Crippen molar-refractivity contribution >= 4 is 17.5 Å². The molecule has 0 unspecified atom stereocenters. The fourth-order valence-electron chi connectivity index (χ4n) is 4.32. The molecule has 0 bridgehead atoms. The Morgan fingerprint density at radius 1 is 1.13 bits per heavy atom. The van der Waals surface area contributed by atoms with Gasteiger partial charge in [0, 0.05) is 24.2 Å². The molecule has 1 aliphatic rings. The number of rotatable bonds is 6. The zero-order valence-electron chi connectivity index (χ0n) is 17.3. The lowest BCUT2D eigenvalue weighted by atomic mass is 9.78. The molecule has 1 amide bonds. The number of hydrogen-bond donors (Lipinski definition) is 1. The van der Waals surface area contributed by atoms with Gasteiger partial charge in [0.05, 0.1) is 12.0 Å². The molecule has 31 heavy (non-hydrogen) atoms. The molecule has 162 valence electrons. The molecule has 4 rings (SSSR count). The predicted molar refractivity (Wildman–Crippen MR) is 117 cm³/mol. The van der Waals surface area contributed by atoms with Crippen molar-refractivity contribution in [2.45, 2.75) is 37.6 Å². The van der Waals surface area contributed by atoms with Crippen LogP contribution in [-0.2, 0) is 23.8 Å². The average molecular weight is 443 g/mol. The Kier molecular flexibility index (Phi) is 5.96. The number of carbonyl (C=O) groups is 1. The van der Waals surface area contributed by atoms with Crippen LogP contribution in [0.3, 0.4) is 0 Å². The summed E-state index contributed by atoms with van der Waals surface area (Å²) in [6.45, 7) is 0.532. The quantitative estimate of drug-likeness (QED) is 0.633. The van der Waals surface area contributed by atoms with Gasteiger partial charge in [-0.05, 0) is 54.8 Å². The zero-order valence-corrected chi connectivity index (χ0v) is 18.0. The Balaban J connectivity index is 1.47. The van der Waals surface area contributed by atoms with Crippen LogP contribution in [0.4, 0.5) is 4.39 Å². The van der Waals surface area contributed by atoms with Gasteiger partial charge in [0.2, 0.25) is 5.91 Å². The van der Waals surface area contributed by atoms with Gasteiger partial charge in [0.15, 0.2) is 5.82 Å². The highest BCUT2D eigenvalue weighted by Gasteiger charge is 2.42. The molecule has 1 N–H and O–H groups in total. The van der Waals surface area contributed by atoms with Gasteiger partial charge in [0.1, 0.15) is 5.82 Å². The van der Waals surface area contributed by atoms with E-state index >= 15 is 0 Å². The fraction of sp³-hybridized carbons (Fsp3) is 0.348. The summed E-state index contributed by atoms with van der Waals surface area (Å²) >= 11 is 6.02. The number of halogens is 2. The molecule has 1 heterocycles. The third kappa shape index (κ3) is 4.14. The molecule has 1 saturated carbocycles.